The number of carboxylic acids is 1. The van der Waals surface area contributed by atoms with Gasteiger partial charge in [-0.3, -0.25) is 0 Å². The molecule has 0 radical (unpaired) electrons. The summed E-state index contributed by atoms with van der Waals surface area (Å²) in [6, 6.07) is 24.8. The van der Waals surface area contributed by atoms with Crippen LogP contribution in [0.25, 0.3) is 11.1 Å². The summed E-state index contributed by atoms with van der Waals surface area (Å²) in [6.07, 6.45) is 0.402. The number of fused-ring (bicyclic) bond motifs is 1. The summed E-state index contributed by atoms with van der Waals surface area (Å²) < 4.78 is 11.7. The van der Waals surface area contributed by atoms with E-state index in [9.17, 15) is 9.90 Å². The summed E-state index contributed by atoms with van der Waals surface area (Å²) in [4.78, 5) is 20.3. The Labute approximate surface area is 199 Å². The average Bonchev–Trinajstić information content (AvgIpc) is 3.30. The van der Waals surface area contributed by atoms with Crippen molar-refractivity contribution in [3.05, 3.63) is 84.4 Å². The second kappa shape index (κ2) is 10.7. The molecule has 0 fully saturated rings. The Balaban J connectivity index is 1.33. The van der Waals surface area contributed by atoms with E-state index in [1.165, 1.54) is 0 Å². The number of oxazole rings is 1. The molecule has 1 unspecified atom stereocenters. The number of benzene rings is 3. The van der Waals surface area contributed by atoms with Gasteiger partial charge in [0, 0.05) is 25.7 Å². The fourth-order valence-corrected chi connectivity index (χ4v) is 3.90. The summed E-state index contributed by atoms with van der Waals surface area (Å²) >= 11 is 0. The van der Waals surface area contributed by atoms with Crippen LogP contribution in [0.2, 0.25) is 0 Å². The molecule has 34 heavy (non-hydrogen) atoms. The Hall–Kier alpha value is -4.00. The maximum absolute atomic E-state index is 12.0. The van der Waals surface area contributed by atoms with Crippen LogP contribution in [0, 0.1) is 0 Å². The summed E-state index contributed by atoms with van der Waals surface area (Å²) in [5.74, 6) is -0.106. The highest BCUT2D eigenvalue weighted by Crippen LogP contribution is 2.22. The summed E-state index contributed by atoms with van der Waals surface area (Å²) in [7, 11) is 1.91. The van der Waals surface area contributed by atoms with Crippen LogP contribution in [-0.4, -0.2) is 48.8 Å². The smallest absolute Gasteiger partial charge is 0.326 e. The van der Waals surface area contributed by atoms with Crippen molar-refractivity contribution in [2.24, 2.45) is 0 Å². The van der Waals surface area contributed by atoms with Crippen molar-refractivity contribution in [3.8, 4) is 5.75 Å². The van der Waals surface area contributed by atoms with E-state index in [0.29, 0.717) is 32.1 Å². The highest BCUT2D eigenvalue weighted by Gasteiger charge is 2.25. The van der Waals surface area contributed by atoms with Crippen LogP contribution in [0.4, 0.5) is 11.7 Å². The van der Waals surface area contributed by atoms with Crippen molar-refractivity contribution in [1.29, 1.82) is 0 Å². The Morgan fingerprint density at radius 1 is 1.03 bits per heavy atom. The largest absolute Gasteiger partial charge is 0.492 e. The quantitative estimate of drug-likeness (QED) is 0.343. The molecular weight excluding hydrogens is 430 g/mol. The second-order valence-corrected chi connectivity index (χ2v) is 8.06. The number of ether oxygens (including phenoxy) is 1. The van der Waals surface area contributed by atoms with Gasteiger partial charge in [0.25, 0.3) is 6.01 Å². The Kier molecular flexibility index (Phi) is 7.32. The van der Waals surface area contributed by atoms with E-state index in [2.05, 4.69) is 4.98 Å². The third-order valence-electron chi connectivity index (χ3n) is 5.75. The van der Waals surface area contributed by atoms with Crippen LogP contribution >= 0.6 is 0 Å². The number of nitrogens with zero attached hydrogens (tertiary/aromatic N) is 3. The van der Waals surface area contributed by atoms with Gasteiger partial charge < -0.3 is 24.1 Å². The monoisotopic (exact) mass is 459 g/mol. The van der Waals surface area contributed by atoms with Crippen LogP contribution in [0.3, 0.4) is 0 Å². The lowest BCUT2D eigenvalue weighted by atomic mass is 10.0. The van der Waals surface area contributed by atoms with Gasteiger partial charge >= 0.3 is 5.97 Å². The minimum Gasteiger partial charge on any atom is -0.492 e. The highest BCUT2D eigenvalue weighted by molar-refractivity contribution is 5.78. The van der Waals surface area contributed by atoms with Crippen LogP contribution in [0.15, 0.2) is 83.3 Å². The first-order valence-electron chi connectivity index (χ1n) is 11.4. The first-order valence-corrected chi connectivity index (χ1v) is 11.4. The zero-order valence-corrected chi connectivity index (χ0v) is 19.4. The van der Waals surface area contributed by atoms with E-state index in [1.54, 1.807) is 0 Å². The van der Waals surface area contributed by atoms with E-state index in [0.717, 1.165) is 28.1 Å². The third-order valence-corrected chi connectivity index (χ3v) is 5.75. The van der Waals surface area contributed by atoms with Crippen LogP contribution in [-0.2, 0) is 11.2 Å². The number of hydrogen-bond donors (Lipinski definition) is 1. The molecule has 4 aromatic rings. The Morgan fingerprint density at radius 2 is 1.74 bits per heavy atom. The van der Waals surface area contributed by atoms with Gasteiger partial charge in [0.2, 0.25) is 0 Å². The molecule has 0 saturated heterocycles. The Bertz CT molecular complexity index is 1170. The first kappa shape index (κ1) is 23.2. The summed E-state index contributed by atoms with van der Waals surface area (Å²) in [6.45, 7) is 3.65. The number of para-hydroxylation sites is 3. The predicted octanol–water partition coefficient (Wildman–Crippen LogP) is 4.87. The van der Waals surface area contributed by atoms with Gasteiger partial charge in [-0.25, -0.2) is 4.79 Å². The van der Waals surface area contributed by atoms with Crippen molar-refractivity contribution in [3.63, 3.8) is 0 Å². The molecular formula is C27H29N3O4. The van der Waals surface area contributed by atoms with Crippen LogP contribution < -0.4 is 14.5 Å². The number of carboxylic acid groups (broad SMARTS) is 1. The first-order chi connectivity index (χ1) is 16.5. The molecule has 0 amide bonds. The van der Waals surface area contributed by atoms with Crippen molar-refractivity contribution in [2.75, 3.05) is 36.5 Å². The maximum atomic E-state index is 12.0. The minimum atomic E-state index is -0.840. The molecule has 176 valence electrons. The van der Waals surface area contributed by atoms with Gasteiger partial charge in [-0.15, -0.1) is 0 Å². The average molecular weight is 460 g/mol. The van der Waals surface area contributed by atoms with Crippen molar-refractivity contribution in [2.45, 2.75) is 19.4 Å². The lowest BCUT2D eigenvalue weighted by Crippen LogP contribution is -2.42. The fraction of sp³-hybridized carbons (Fsp3) is 0.259. The standard InChI is InChI=1S/C27H29N3O4/c1-3-30(21-9-5-4-6-10-21)24(26(31)32)19-20-13-15-22(16-14-20)33-18-17-29(2)27-28-23-11-7-8-12-25(23)34-27/h4-16,24H,3,17-19H2,1-2H3,(H,31,32). The van der Waals surface area contributed by atoms with E-state index in [1.807, 2.05) is 103 Å². The van der Waals surface area contributed by atoms with E-state index in [-0.39, 0.29) is 0 Å². The van der Waals surface area contributed by atoms with Crippen LogP contribution in [0.1, 0.15) is 12.5 Å². The zero-order valence-electron chi connectivity index (χ0n) is 19.4. The van der Waals surface area contributed by atoms with E-state index < -0.39 is 12.0 Å². The molecule has 0 bridgehead atoms. The number of hydrogen-bond acceptors (Lipinski definition) is 6. The summed E-state index contributed by atoms with van der Waals surface area (Å²) in [5, 5.41) is 9.88. The zero-order chi connectivity index (χ0) is 23.9. The molecule has 1 heterocycles. The lowest BCUT2D eigenvalue weighted by Gasteiger charge is -2.30. The molecule has 0 saturated carbocycles. The molecule has 0 aliphatic carbocycles. The second-order valence-electron chi connectivity index (χ2n) is 8.06. The molecule has 1 atom stereocenters. The SMILES string of the molecule is CCN(c1ccccc1)C(Cc1ccc(OCCN(C)c2nc3ccccc3o2)cc1)C(=O)O. The van der Waals surface area contributed by atoms with Gasteiger partial charge in [-0.05, 0) is 48.9 Å². The van der Waals surface area contributed by atoms with Gasteiger partial charge in [0.1, 0.15) is 23.9 Å². The number of rotatable bonds is 11. The number of likely N-dealkylation sites (N-methyl/N-ethyl adjacent to an activating group) is 2. The van der Waals surface area contributed by atoms with Gasteiger partial charge in [-0.1, -0.05) is 42.5 Å². The maximum Gasteiger partial charge on any atom is 0.326 e. The predicted molar refractivity (Wildman–Crippen MR) is 134 cm³/mol. The number of aromatic nitrogens is 1. The van der Waals surface area contributed by atoms with Gasteiger partial charge in [0.15, 0.2) is 5.58 Å². The Morgan fingerprint density at radius 3 is 2.41 bits per heavy atom. The van der Waals surface area contributed by atoms with E-state index >= 15 is 0 Å². The van der Waals surface area contributed by atoms with Crippen molar-refractivity contribution < 1.29 is 19.1 Å². The molecule has 0 aliphatic rings. The topological polar surface area (TPSA) is 79.0 Å². The number of carbonyl (C=O) groups is 1. The minimum absolute atomic E-state index is 0.402. The number of aliphatic carboxylic acids is 1. The fourth-order valence-electron chi connectivity index (χ4n) is 3.90. The molecule has 7 nitrogen and oxygen atoms in total. The summed E-state index contributed by atoms with van der Waals surface area (Å²) in [5.41, 5.74) is 3.43. The molecule has 0 aliphatic heterocycles. The molecule has 1 aromatic heterocycles. The molecule has 3 aromatic carbocycles. The molecule has 1 N–H and O–H groups in total. The van der Waals surface area contributed by atoms with Gasteiger partial charge in [0.05, 0.1) is 6.54 Å². The molecule has 4 rings (SSSR count). The normalized spacial score (nSPS) is 11.8. The van der Waals surface area contributed by atoms with E-state index in [4.69, 9.17) is 9.15 Å². The lowest BCUT2D eigenvalue weighted by molar-refractivity contribution is -0.138. The molecule has 7 heteroatoms. The number of anilines is 2. The van der Waals surface area contributed by atoms with Crippen molar-refractivity contribution >= 4 is 28.8 Å². The van der Waals surface area contributed by atoms with Crippen molar-refractivity contribution in [1.82, 2.24) is 4.98 Å². The third kappa shape index (κ3) is 5.49. The molecule has 0 spiro atoms. The highest BCUT2D eigenvalue weighted by atomic mass is 16.5. The van der Waals surface area contributed by atoms with Gasteiger partial charge in [-0.2, -0.15) is 4.98 Å². The van der Waals surface area contributed by atoms with Crippen LogP contribution in [0.5, 0.6) is 5.75 Å².